The van der Waals surface area contributed by atoms with Gasteiger partial charge in [-0.25, -0.2) is 14.6 Å². The Bertz CT molecular complexity index is 1330. The van der Waals surface area contributed by atoms with Crippen molar-refractivity contribution in [3.05, 3.63) is 70.6 Å². The third-order valence-corrected chi connectivity index (χ3v) is 5.99. The first-order valence-corrected chi connectivity index (χ1v) is 11.4. The van der Waals surface area contributed by atoms with E-state index in [-0.39, 0.29) is 11.4 Å². The lowest BCUT2D eigenvalue weighted by Crippen LogP contribution is -2.30. The molecule has 1 fully saturated rings. The van der Waals surface area contributed by atoms with E-state index in [9.17, 15) is 4.79 Å². The van der Waals surface area contributed by atoms with Crippen LogP contribution in [0.2, 0.25) is 0 Å². The van der Waals surface area contributed by atoms with Gasteiger partial charge in [-0.3, -0.25) is 9.89 Å². The van der Waals surface area contributed by atoms with E-state index in [4.69, 9.17) is 10.1 Å². The van der Waals surface area contributed by atoms with Gasteiger partial charge in [0.25, 0.3) is 5.91 Å². The third kappa shape index (κ3) is 4.01. The van der Waals surface area contributed by atoms with Crippen LogP contribution in [0.5, 0.6) is 0 Å². The largest absolute Gasteiger partial charge is 0.338 e. The lowest BCUT2D eigenvalue weighted by Gasteiger charge is -2.20. The summed E-state index contributed by atoms with van der Waals surface area (Å²) >= 11 is 0. The number of hydrogen-bond donors (Lipinski definition) is 2. The molecular weight excluding hydrogens is 414 g/mol. The first kappa shape index (κ1) is 21.3. The van der Waals surface area contributed by atoms with E-state index in [1.807, 2.05) is 54.9 Å². The van der Waals surface area contributed by atoms with Gasteiger partial charge < -0.3 is 5.32 Å². The normalized spacial score (nSPS) is 15.1. The number of aryl methyl sites for hydroxylation is 2. The zero-order chi connectivity index (χ0) is 23.3. The zero-order valence-electron chi connectivity index (χ0n) is 19.7. The molecular formula is C25H29N7O. The Balaban J connectivity index is 1.62. The van der Waals surface area contributed by atoms with Crippen molar-refractivity contribution in [3.8, 4) is 0 Å². The average molecular weight is 444 g/mol. The molecule has 3 aromatic heterocycles. The maximum absolute atomic E-state index is 13.8. The summed E-state index contributed by atoms with van der Waals surface area (Å²) in [6.45, 7) is 10.1. The summed E-state index contributed by atoms with van der Waals surface area (Å²) < 4.78 is 1.94. The van der Waals surface area contributed by atoms with E-state index in [1.54, 1.807) is 0 Å². The molecule has 1 unspecified atom stereocenters. The van der Waals surface area contributed by atoms with E-state index < -0.39 is 6.04 Å². The summed E-state index contributed by atoms with van der Waals surface area (Å²) in [5.41, 5.74) is 3.79. The van der Waals surface area contributed by atoms with Gasteiger partial charge in [0, 0.05) is 11.6 Å². The summed E-state index contributed by atoms with van der Waals surface area (Å²) in [6, 6.07) is 11.2. The molecule has 2 N–H and O–H groups in total. The number of carbonyl (C=O) groups excluding carboxylic acids is 1. The predicted molar refractivity (Wildman–Crippen MR) is 126 cm³/mol. The molecule has 0 bridgehead atoms. The smallest absolute Gasteiger partial charge is 0.253 e. The standard InChI is InChI=1S/C25H29N7O/c1-14-20-18(13-19(16-11-12-16)27-23(20)32(31-14)25(3,4)5)24(33)28-21(17-9-7-6-8-10-17)22-26-15(2)29-30-22/h6-10,13,16,21H,11-12H2,1-5H3,(H,28,33)(H,26,29,30). The minimum absolute atomic E-state index is 0.183. The monoisotopic (exact) mass is 443 g/mol. The number of amides is 1. The lowest BCUT2D eigenvalue weighted by atomic mass is 10.0. The molecule has 3 heterocycles. The van der Waals surface area contributed by atoms with Gasteiger partial charge in [-0.1, -0.05) is 30.3 Å². The molecule has 0 radical (unpaired) electrons. The lowest BCUT2D eigenvalue weighted by molar-refractivity contribution is 0.0943. The molecule has 1 aliphatic rings. The van der Waals surface area contributed by atoms with Gasteiger partial charge in [0.15, 0.2) is 11.5 Å². The number of aromatic amines is 1. The van der Waals surface area contributed by atoms with Gasteiger partial charge in [-0.15, -0.1) is 0 Å². The molecule has 8 heteroatoms. The second-order valence-electron chi connectivity index (χ2n) is 9.83. The fourth-order valence-electron chi connectivity index (χ4n) is 4.18. The fraction of sp³-hybridized carbons (Fsp3) is 0.400. The van der Waals surface area contributed by atoms with Crippen LogP contribution < -0.4 is 5.32 Å². The molecule has 33 heavy (non-hydrogen) atoms. The minimum atomic E-state index is -0.478. The highest BCUT2D eigenvalue weighted by Crippen LogP contribution is 2.41. The minimum Gasteiger partial charge on any atom is -0.338 e. The SMILES string of the molecule is Cc1nc(C(NC(=O)c2cc(C3CC3)nc3c2c(C)nn3C(C)(C)C)c2ccccc2)n[nH]1. The van der Waals surface area contributed by atoms with Crippen LogP contribution in [-0.2, 0) is 5.54 Å². The number of nitrogens with one attached hydrogen (secondary N) is 2. The van der Waals surface area contributed by atoms with Gasteiger partial charge in [-0.05, 0) is 59.1 Å². The number of rotatable bonds is 5. The zero-order valence-corrected chi connectivity index (χ0v) is 19.7. The Labute approximate surface area is 192 Å². The molecule has 1 atom stereocenters. The number of aromatic nitrogens is 6. The topological polar surface area (TPSA) is 101 Å². The van der Waals surface area contributed by atoms with Crippen molar-refractivity contribution in [2.75, 3.05) is 0 Å². The van der Waals surface area contributed by atoms with Crippen molar-refractivity contribution < 1.29 is 4.79 Å². The Morgan fingerprint density at radius 3 is 2.48 bits per heavy atom. The Hall–Kier alpha value is -3.55. The number of carbonyl (C=O) groups is 1. The van der Waals surface area contributed by atoms with Crippen LogP contribution >= 0.6 is 0 Å². The molecule has 5 rings (SSSR count). The number of H-pyrrole nitrogens is 1. The average Bonchev–Trinajstić information content (AvgIpc) is 3.46. The molecule has 1 saturated carbocycles. The van der Waals surface area contributed by atoms with Crippen LogP contribution in [-0.4, -0.2) is 35.9 Å². The highest BCUT2D eigenvalue weighted by molar-refractivity contribution is 6.07. The number of nitrogens with zero attached hydrogens (tertiary/aromatic N) is 5. The van der Waals surface area contributed by atoms with Crippen LogP contribution in [0.25, 0.3) is 11.0 Å². The molecule has 0 saturated heterocycles. The number of fused-ring (bicyclic) bond motifs is 1. The van der Waals surface area contributed by atoms with Gasteiger partial charge in [0.05, 0.1) is 22.2 Å². The highest BCUT2D eigenvalue weighted by Gasteiger charge is 2.31. The third-order valence-electron chi connectivity index (χ3n) is 5.99. The van der Waals surface area contributed by atoms with E-state index in [0.717, 1.165) is 40.8 Å². The van der Waals surface area contributed by atoms with Crippen molar-refractivity contribution in [2.24, 2.45) is 0 Å². The van der Waals surface area contributed by atoms with Gasteiger partial charge in [0.1, 0.15) is 11.9 Å². The summed E-state index contributed by atoms with van der Waals surface area (Å²) in [4.78, 5) is 23.2. The first-order chi connectivity index (χ1) is 15.7. The summed E-state index contributed by atoms with van der Waals surface area (Å²) in [5, 5.41) is 16.0. The Morgan fingerprint density at radius 1 is 1.15 bits per heavy atom. The van der Waals surface area contributed by atoms with Crippen LogP contribution in [0, 0.1) is 13.8 Å². The summed E-state index contributed by atoms with van der Waals surface area (Å²) in [6.07, 6.45) is 2.20. The molecule has 1 amide bonds. The number of hydrogen-bond acceptors (Lipinski definition) is 5. The molecule has 1 aliphatic carbocycles. The quantitative estimate of drug-likeness (QED) is 0.478. The van der Waals surface area contributed by atoms with Gasteiger partial charge in [0.2, 0.25) is 0 Å². The molecule has 170 valence electrons. The van der Waals surface area contributed by atoms with E-state index in [1.165, 1.54) is 0 Å². The molecule has 8 nitrogen and oxygen atoms in total. The fourth-order valence-corrected chi connectivity index (χ4v) is 4.18. The maximum atomic E-state index is 13.8. The van der Waals surface area contributed by atoms with Crippen molar-refractivity contribution in [1.29, 1.82) is 0 Å². The molecule has 1 aromatic carbocycles. The van der Waals surface area contributed by atoms with E-state index >= 15 is 0 Å². The van der Waals surface area contributed by atoms with Crippen molar-refractivity contribution in [2.45, 2.75) is 65.0 Å². The van der Waals surface area contributed by atoms with Gasteiger partial charge in [-0.2, -0.15) is 10.2 Å². The predicted octanol–water partition coefficient (Wildman–Crippen LogP) is 4.32. The van der Waals surface area contributed by atoms with Crippen LogP contribution in [0.1, 0.15) is 84.5 Å². The van der Waals surface area contributed by atoms with Crippen molar-refractivity contribution in [1.82, 2.24) is 35.3 Å². The Kier molecular flexibility index (Phi) is 5.03. The Morgan fingerprint density at radius 2 is 1.88 bits per heavy atom. The van der Waals surface area contributed by atoms with Crippen LogP contribution in [0.15, 0.2) is 36.4 Å². The molecule has 0 aliphatic heterocycles. The van der Waals surface area contributed by atoms with E-state index in [0.29, 0.717) is 23.1 Å². The summed E-state index contributed by atoms with van der Waals surface area (Å²) in [5.74, 6) is 1.45. The first-order valence-electron chi connectivity index (χ1n) is 11.4. The molecule has 4 aromatic rings. The number of pyridine rings is 1. The van der Waals surface area contributed by atoms with E-state index in [2.05, 4.69) is 41.3 Å². The number of benzene rings is 1. The summed E-state index contributed by atoms with van der Waals surface area (Å²) in [7, 11) is 0. The van der Waals surface area contributed by atoms with Crippen molar-refractivity contribution >= 4 is 16.9 Å². The van der Waals surface area contributed by atoms with Crippen molar-refractivity contribution in [3.63, 3.8) is 0 Å². The second kappa shape index (κ2) is 7.79. The highest BCUT2D eigenvalue weighted by atomic mass is 16.1. The van der Waals surface area contributed by atoms with Crippen LogP contribution in [0.4, 0.5) is 0 Å². The van der Waals surface area contributed by atoms with Gasteiger partial charge >= 0.3 is 0 Å². The molecule has 0 spiro atoms. The maximum Gasteiger partial charge on any atom is 0.253 e. The van der Waals surface area contributed by atoms with Crippen LogP contribution in [0.3, 0.4) is 0 Å². The second-order valence-corrected chi connectivity index (χ2v) is 9.83.